The molecule has 31 heavy (non-hydrogen) atoms. The minimum atomic E-state index is -3.62. The number of sulfone groups is 1. The van der Waals surface area contributed by atoms with Crippen LogP contribution in [0.15, 0.2) is 40.2 Å². The van der Waals surface area contributed by atoms with Gasteiger partial charge in [0.15, 0.2) is 20.5 Å². The molecule has 0 bridgehead atoms. The summed E-state index contributed by atoms with van der Waals surface area (Å²) in [5.74, 6) is -0.410. The van der Waals surface area contributed by atoms with E-state index in [1.54, 1.807) is 6.07 Å². The summed E-state index contributed by atoms with van der Waals surface area (Å²) in [6.07, 6.45) is 4.00. The molecule has 2 heterocycles. The van der Waals surface area contributed by atoms with Crippen LogP contribution in [0.3, 0.4) is 0 Å². The third kappa shape index (κ3) is 4.25. The molecule has 3 aromatic rings. The number of fused-ring (bicyclic) bond motifs is 1. The van der Waals surface area contributed by atoms with Crippen molar-refractivity contribution in [3.8, 4) is 0 Å². The molecule has 4 rings (SSSR count). The number of aryl methyl sites for hydroxylation is 2. The predicted molar refractivity (Wildman–Crippen MR) is 116 cm³/mol. The maximum absolute atomic E-state index is 12.9. The first kappa shape index (κ1) is 21.2. The van der Waals surface area contributed by atoms with Gasteiger partial charge >= 0.3 is 5.69 Å². The van der Waals surface area contributed by atoms with E-state index in [0.29, 0.717) is 18.5 Å². The molecule has 0 saturated heterocycles. The molecular formula is C21H25N5O4S. The van der Waals surface area contributed by atoms with Crippen LogP contribution in [0, 0.1) is 13.8 Å². The van der Waals surface area contributed by atoms with E-state index in [4.69, 9.17) is 0 Å². The zero-order chi connectivity index (χ0) is 22.2. The largest absolute Gasteiger partial charge is 0.367 e. The standard InChI is InChI=1S/C21H25N5O4S/c1-14-8-9-17(15(2)12-14)22-19(27)13-25-21(28)26-18(23-25)10-11-20(24-26)31(29,30)16-6-4-3-5-7-16/h8-12,16H,3-7,13H2,1-2H3,(H,22,27). The lowest BCUT2D eigenvalue weighted by Crippen LogP contribution is -2.30. The first-order valence-corrected chi connectivity index (χ1v) is 11.9. The molecule has 1 fully saturated rings. The second kappa shape index (κ2) is 8.26. The van der Waals surface area contributed by atoms with E-state index in [1.165, 1.54) is 12.1 Å². The topological polar surface area (TPSA) is 115 Å². The molecule has 1 amide bonds. The molecule has 1 N–H and O–H groups in total. The second-order valence-electron chi connectivity index (χ2n) is 8.05. The van der Waals surface area contributed by atoms with Gasteiger partial charge in [-0.25, -0.2) is 17.9 Å². The zero-order valence-electron chi connectivity index (χ0n) is 17.5. The normalized spacial score (nSPS) is 15.3. The summed E-state index contributed by atoms with van der Waals surface area (Å²) >= 11 is 0. The molecule has 0 aliphatic heterocycles. The van der Waals surface area contributed by atoms with Gasteiger partial charge in [-0.2, -0.15) is 4.52 Å². The van der Waals surface area contributed by atoms with E-state index in [1.807, 2.05) is 26.0 Å². The first-order chi connectivity index (χ1) is 14.8. The number of benzene rings is 1. The first-order valence-electron chi connectivity index (χ1n) is 10.3. The van der Waals surface area contributed by atoms with E-state index in [0.717, 1.165) is 39.6 Å². The average molecular weight is 444 g/mol. The van der Waals surface area contributed by atoms with E-state index in [2.05, 4.69) is 15.5 Å². The predicted octanol–water partition coefficient (Wildman–Crippen LogP) is 2.25. The monoisotopic (exact) mass is 443 g/mol. The van der Waals surface area contributed by atoms with Crippen molar-refractivity contribution in [1.82, 2.24) is 19.4 Å². The minimum absolute atomic E-state index is 0.131. The maximum atomic E-state index is 12.9. The summed E-state index contributed by atoms with van der Waals surface area (Å²) in [5.41, 5.74) is 2.18. The van der Waals surface area contributed by atoms with Gasteiger partial charge in [0.2, 0.25) is 5.91 Å². The summed E-state index contributed by atoms with van der Waals surface area (Å²) in [5, 5.41) is 10.3. The maximum Gasteiger partial charge on any atom is 0.367 e. The lowest BCUT2D eigenvalue weighted by atomic mass is 10.0. The van der Waals surface area contributed by atoms with Crippen LogP contribution < -0.4 is 11.0 Å². The van der Waals surface area contributed by atoms with Crippen molar-refractivity contribution < 1.29 is 13.2 Å². The third-order valence-corrected chi connectivity index (χ3v) is 7.80. The van der Waals surface area contributed by atoms with Crippen LogP contribution in [0.4, 0.5) is 5.69 Å². The van der Waals surface area contributed by atoms with Crippen molar-refractivity contribution in [2.75, 3.05) is 5.32 Å². The number of amides is 1. The molecule has 1 saturated carbocycles. The van der Waals surface area contributed by atoms with Gasteiger partial charge in [0.05, 0.1) is 5.25 Å². The fourth-order valence-corrected chi connectivity index (χ4v) is 5.72. The van der Waals surface area contributed by atoms with Gasteiger partial charge in [0.25, 0.3) is 0 Å². The van der Waals surface area contributed by atoms with Gasteiger partial charge in [0.1, 0.15) is 6.54 Å². The zero-order valence-corrected chi connectivity index (χ0v) is 18.4. The number of hydrogen-bond donors (Lipinski definition) is 1. The number of anilines is 1. The van der Waals surface area contributed by atoms with Crippen molar-refractivity contribution in [1.29, 1.82) is 0 Å². The number of nitrogens with zero attached hydrogens (tertiary/aromatic N) is 4. The molecule has 0 radical (unpaired) electrons. The van der Waals surface area contributed by atoms with Crippen molar-refractivity contribution in [2.24, 2.45) is 0 Å². The van der Waals surface area contributed by atoms with E-state index in [-0.39, 0.29) is 17.2 Å². The minimum Gasteiger partial charge on any atom is -0.324 e. The van der Waals surface area contributed by atoms with Crippen LogP contribution in [0.25, 0.3) is 5.65 Å². The van der Waals surface area contributed by atoms with Gasteiger partial charge in [-0.15, -0.1) is 10.2 Å². The summed E-state index contributed by atoms with van der Waals surface area (Å²) in [6.45, 7) is 3.54. The molecule has 1 aliphatic rings. The second-order valence-corrected chi connectivity index (χ2v) is 10.2. The Morgan fingerprint density at radius 1 is 1.10 bits per heavy atom. The summed E-state index contributed by atoms with van der Waals surface area (Å²) in [7, 11) is -3.62. The lowest BCUT2D eigenvalue weighted by molar-refractivity contribution is -0.117. The fourth-order valence-electron chi connectivity index (χ4n) is 3.97. The molecule has 10 heteroatoms. The van der Waals surface area contributed by atoms with Crippen LogP contribution >= 0.6 is 0 Å². The Morgan fingerprint density at radius 2 is 1.84 bits per heavy atom. The molecule has 0 spiro atoms. The highest BCUT2D eigenvalue weighted by molar-refractivity contribution is 7.92. The quantitative estimate of drug-likeness (QED) is 0.647. The van der Waals surface area contributed by atoms with Gasteiger partial charge in [0, 0.05) is 5.69 Å². The molecule has 0 atom stereocenters. The Kier molecular flexibility index (Phi) is 5.65. The number of aromatic nitrogens is 4. The molecule has 1 aliphatic carbocycles. The SMILES string of the molecule is Cc1ccc(NC(=O)Cn2nc3ccc(S(=O)(=O)C4CCCCC4)nn3c2=O)c(C)c1. The number of carbonyl (C=O) groups excluding carboxylic acids is 1. The molecule has 9 nitrogen and oxygen atoms in total. The highest BCUT2D eigenvalue weighted by Crippen LogP contribution is 2.27. The summed E-state index contributed by atoms with van der Waals surface area (Å²) < 4.78 is 27.8. The number of hydrogen-bond acceptors (Lipinski definition) is 6. The van der Waals surface area contributed by atoms with Crippen molar-refractivity contribution >= 4 is 27.1 Å². The average Bonchev–Trinajstić information content (AvgIpc) is 3.05. The van der Waals surface area contributed by atoms with Crippen molar-refractivity contribution in [3.63, 3.8) is 0 Å². The lowest BCUT2D eigenvalue weighted by Gasteiger charge is -2.20. The van der Waals surface area contributed by atoms with E-state index >= 15 is 0 Å². The summed E-state index contributed by atoms with van der Waals surface area (Å²) in [6, 6.07) is 8.47. The Morgan fingerprint density at radius 3 is 2.55 bits per heavy atom. The molecule has 0 unspecified atom stereocenters. The van der Waals surface area contributed by atoms with Crippen LogP contribution in [-0.2, 0) is 21.2 Å². The van der Waals surface area contributed by atoms with Crippen LogP contribution in [-0.4, -0.2) is 39.0 Å². The van der Waals surface area contributed by atoms with Crippen LogP contribution in [0.2, 0.25) is 0 Å². The smallest absolute Gasteiger partial charge is 0.324 e. The fraction of sp³-hybridized carbons (Fsp3) is 0.429. The number of rotatable bonds is 5. The van der Waals surface area contributed by atoms with Gasteiger partial charge in [-0.3, -0.25) is 4.79 Å². The van der Waals surface area contributed by atoms with Gasteiger partial charge < -0.3 is 5.32 Å². The molecular weight excluding hydrogens is 418 g/mol. The third-order valence-electron chi connectivity index (χ3n) is 5.65. The van der Waals surface area contributed by atoms with Crippen molar-refractivity contribution in [3.05, 3.63) is 51.9 Å². The molecule has 1 aromatic carbocycles. The Balaban J connectivity index is 1.58. The number of carbonyl (C=O) groups is 1. The Labute approximate surface area is 180 Å². The van der Waals surface area contributed by atoms with Gasteiger partial charge in [-0.1, -0.05) is 37.0 Å². The Bertz CT molecular complexity index is 1300. The van der Waals surface area contributed by atoms with E-state index in [9.17, 15) is 18.0 Å². The highest BCUT2D eigenvalue weighted by atomic mass is 32.2. The molecule has 2 aromatic heterocycles. The summed E-state index contributed by atoms with van der Waals surface area (Å²) in [4.78, 5) is 25.2. The van der Waals surface area contributed by atoms with E-state index < -0.39 is 26.7 Å². The number of nitrogens with one attached hydrogen (secondary N) is 1. The van der Waals surface area contributed by atoms with Gasteiger partial charge in [-0.05, 0) is 50.5 Å². The van der Waals surface area contributed by atoms with Crippen LogP contribution in [0.1, 0.15) is 43.2 Å². The van der Waals surface area contributed by atoms with Crippen molar-refractivity contribution in [2.45, 2.75) is 62.8 Å². The Hall–Kier alpha value is -3.01. The highest BCUT2D eigenvalue weighted by Gasteiger charge is 2.30. The molecule has 164 valence electrons. The van der Waals surface area contributed by atoms with Crippen LogP contribution in [0.5, 0.6) is 0 Å².